The number of hydrogen-bond acceptors (Lipinski definition) is 4. The number of benzene rings is 1. The Morgan fingerprint density at radius 3 is 2.73 bits per heavy atom. The average Bonchev–Trinajstić information content (AvgIpc) is 2.54. The second kappa shape index (κ2) is 8.38. The van der Waals surface area contributed by atoms with Crippen molar-refractivity contribution in [3.63, 3.8) is 0 Å². The van der Waals surface area contributed by atoms with Gasteiger partial charge in [-0.05, 0) is 24.8 Å². The first-order valence-electron chi connectivity index (χ1n) is 7.43. The lowest BCUT2D eigenvalue weighted by Gasteiger charge is -2.34. The Balaban J connectivity index is 1.83. The van der Waals surface area contributed by atoms with Crippen LogP contribution in [0.2, 0.25) is 0 Å². The molecule has 1 heterocycles. The topological polar surface area (TPSA) is 76.1 Å². The third-order valence-corrected chi connectivity index (χ3v) is 3.60. The molecular weight excluding hydrogens is 286 g/mol. The van der Waals surface area contributed by atoms with Gasteiger partial charge in [-0.2, -0.15) is 0 Å². The number of amides is 1. The Bertz CT molecular complexity index is 491. The van der Waals surface area contributed by atoms with Gasteiger partial charge < -0.3 is 19.5 Å². The summed E-state index contributed by atoms with van der Waals surface area (Å²) in [6.07, 6.45) is 2.37. The van der Waals surface area contributed by atoms with Gasteiger partial charge >= 0.3 is 12.1 Å². The maximum atomic E-state index is 12.2. The SMILES string of the molecule is O=C(O)COC[C@@H]1CCCCN1C(=O)OCc1ccccc1. The lowest BCUT2D eigenvalue weighted by atomic mass is 10.0. The molecule has 0 aromatic heterocycles. The summed E-state index contributed by atoms with van der Waals surface area (Å²) in [4.78, 5) is 24.3. The van der Waals surface area contributed by atoms with Crippen molar-refractivity contribution in [3.05, 3.63) is 35.9 Å². The smallest absolute Gasteiger partial charge is 0.410 e. The summed E-state index contributed by atoms with van der Waals surface area (Å²) >= 11 is 0. The van der Waals surface area contributed by atoms with Crippen molar-refractivity contribution >= 4 is 12.1 Å². The zero-order valence-electron chi connectivity index (χ0n) is 12.4. The van der Waals surface area contributed by atoms with E-state index in [-0.39, 0.29) is 32.0 Å². The number of carboxylic acids is 1. The van der Waals surface area contributed by atoms with Crippen molar-refractivity contribution in [2.24, 2.45) is 0 Å². The predicted molar refractivity (Wildman–Crippen MR) is 79.4 cm³/mol. The van der Waals surface area contributed by atoms with Gasteiger partial charge in [-0.1, -0.05) is 30.3 Å². The van der Waals surface area contributed by atoms with Crippen LogP contribution in [0.4, 0.5) is 4.79 Å². The highest BCUT2D eigenvalue weighted by Gasteiger charge is 2.28. The van der Waals surface area contributed by atoms with Gasteiger partial charge in [0.25, 0.3) is 0 Å². The molecule has 1 aliphatic heterocycles. The molecule has 0 aliphatic carbocycles. The van der Waals surface area contributed by atoms with Crippen molar-refractivity contribution in [2.45, 2.75) is 31.9 Å². The van der Waals surface area contributed by atoms with E-state index in [9.17, 15) is 9.59 Å². The van der Waals surface area contributed by atoms with Gasteiger partial charge in [0.05, 0.1) is 12.6 Å². The van der Waals surface area contributed by atoms with Crippen LogP contribution >= 0.6 is 0 Å². The number of piperidine rings is 1. The highest BCUT2D eigenvalue weighted by Crippen LogP contribution is 2.19. The lowest BCUT2D eigenvalue weighted by molar-refractivity contribution is -0.142. The number of ether oxygens (including phenoxy) is 2. The van der Waals surface area contributed by atoms with Gasteiger partial charge in [0.2, 0.25) is 0 Å². The number of carbonyl (C=O) groups is 2. The molecule has 0 unspecified atom stereocenters. The number of rotatable bonds is 6. The maximum absolute atomic E-state index is 12.2. The first-order chi connectivity index (χ1) is 10.7. The molecule has 0 bridgehead atoms. The van der Waals surface area contributed by atoms with Crippen LogP contribution in [-0.2, 0) is 20.9 Å². The molecule has 0 spiro atoms. The van der Waals surface area contributed by atoms with Gasteiger partial charge in [0.1, 0.15) is 13.2 Å². The van der Waals surface area contributed by atoms with E-state index in [1.807, 2.05) is 30.3 Å². The number of nitrogens with zero attached hydrogens (tertiary/aromatic N) is 1. The lowest BCUT2D eigenvalue weighted by Crippen LogP contribution is -2.46. The highest BCUT2D eigenvalue weighted by molar-refractivity contribution is 5.68. The molecule has 1 aromatic rings. The summed E-state index contributed by atoms with van der Waals surface area (Å²) in [5.74, 6) is -1.01. The van der Waals surface area contributed by atoms with Gasteiger partial charge in [-0.3, -0.25) is 0 Å². The van der Waals surface area contributed by atoms with Crippen molar-refractivity contribution in [1.29, 1.82) is 0 Å². The Labute approximate surface area is 129 Å². The predicted octanol–water partition coefficient (Wildman–Crippen LogP) is 2.28. The second-order valence-electron chi connectivity index (χ2n) is 5.29. The monoisotopic (exact) mass is 307 g/mol. The fourth-order valence-corrected chi connectivity index (χ4v) is 2.50. The number of likely N-dealkylation sites (tertiary alicyclic amines) is 1. The van der Waals surface area contributed by atoms with E-state index in [2.05, 4.69) is 0 Å². The van der Waals surface area contributed by atoms with Crippen molar-refractivity contribution < 1.29 is 24.2 Å². The van der Waals surface area contributed by atoms with Crippen LogP contribution in [0.25, 0.3) is 0 Å². The molecule has 1 fully saturated rings. The second-order valence-corrected chi connectivity index (χ2v) is 5.29. The molecule has 1 amide bonds. The third-order valence-electron chi connectivity index (χ3n) is 3.60. The minimum Gasteiger partial charge on any atom is -0.480 e. The zero-order valence-corrected chi connectivity index (χ0v) is 12.4. The fraction of sp³-hybridized carbons (Fsp3) is 0.500. The molecule has 120 valence electrons. The van der Waals surface area contributed by atoms with Crippen LogP contribution in [0.15, 0.2) is 30.3 Å². The summed E-state index contributed by atoms with van der Waals surface area (Å²) in [5.41, 5.74) is 0.937. The Morgan fingerprint density at radius 2 is 2.00 bits per heavy atom. The molecule has 1 aromatic carbocycles. The van der Waals surface area contributed by atoms with Crippen LogP contribution in [-0.4, -0.2) is 47.9 Å². The Hall–Kier alpha value is -2.08. The molecule has 1 N–H and O–H groups in total. The summed E-state index contributed by atoms with van der Waals surface area (Å²) in [6.45, 7) is 0.740. The summed E-state index contributed by atoms with van der Waals surface area (Å²) < 4.78 is 10.5. The van der Waals surface area contributed by atoms with Gasteiger partial charge in [-0.15, -0.1) is 0 Å². The average molecular weight is 307 g/mol. The van der Waals surface area contributed by atoms with E-state index in [0.29, 0.717) is 6.54 Å². The highest BCUT2D eigenvalue weighted by atomic mass is 16.6. The normalized spacial score (nSPS) is 18.0. The maximum Gasteiger partial charge on any atom is 0.410 e. The zero-order chi connectivity index (χ0) is 15.8. The van der Waals surface area contributed by atoms with E-state index in [1.54, 1.807) is 4.90 Å². The quantitative estimate of drug-likeness (QED) is 0.872. The van der Waals surface area contributed by atoms with E-state index in [0.717, 1.165) is 24.8 Å². The largest absolute Gasteiger partial charge is 0.480 e. The minimum atomic E-state index is -1.01. The molecule has 1 saturated heterocycles. The number of hydrogen-bond donors (Lipinski definition) is 1. The Kier molecular flexibility index (Phi) is 6.21. The van der Waals surface area contributed by atoms with Crippen LogP contribution < -0.4 is 0 Å². The molecule has 1 atom stereocenters. The van der Waals surface area contributed by atoms with Crippen molar-refractivity contribution in [1.82, 2.24) is 4.90 Å². The minimum absolute atomic E-state index is 0.114. The number of carbonyl (C=O) groups excluding carboxylic acids is 1. The van der Waals surface area contributed by atoms with Crippen molar-refractivity contribution in [2.75, 3.05) is 19.8 Å². The van der Waals surface area contributed by atoms with Crippen LogP contribution in [0.1, 0.15) is 24.8 Å². The van der Waals surface area contributed by atoms with E-state index in [1.165, 1.54) is 0 Å². The molecular formula is C16H21NO5. The van der Waals surface area contributed by atoms with E-state index >= 15 is 0 Å². The first kappa shape index (κ1) is 16.3. The number of carboxylic acid groups (broad SMARTS) is 1. The Morgan fingerprint density at radius 1 is 1.23 bits per heavy atom. The standard InChI is InChI=1S/C16H21NO5/c18-15(19)12-21-11-14-8-4-5-9-17(14)16(20)22-10-13-6-2-1-3-7-13/h1-3,6-7,14H,4-5,8-12H2,(H,18,19)/t14-/m0/s1. The molecule has 0 radical (unpaired) electrons. The molecule has 22 heavy (non-hydrogen) atoms. The van der Waals surface area contributed by atoms with Crippen LogP contribution in [0.5, 0.6) is 0 Å². The molecule has 6 nitrogen and oxygen atoms in total. The summed E-state index contributed by atoms with van der Waals surface area (Å²) in [7, 11) is 0. The molecule has 2 rings (SSSR count). The third kappa shape index (κ3) is 5.04. The van der Waals surface area contributed by atoms with Gasteiger partial charge in [0, 0.05) is 6.54 Å². The van der Waals surface area contributed by atoms with Crippen LogP contribution in [0, 0.1) is 0 Å². The van der Waals surface area contributed by atoms with E-state index < -0.39 is 5.97 Å². The first-order valence-corrected chi connectivity index (χ1v) is 7.43. The number of aliphatic carboxylic acids is 1. The van der Waals surface area contributed by atoms with Crippen LogP contribution in [0.3, 0.4) is 0 Å². The van der Waals surface area contributed by atoms with Crippen molar-refractivity contribution in [3.8, 4) is 0 Å². The van der Waals surface area contributed by atoms with Gasteiger partial charge in [-0.25, -0.2) is 9.59 Å². The molecule has 1 aliphatic rings. The summed E-state index contributed by atoms with van der Waals surface area (Å²) in [5, 5.41) is 8.60. The summed E-state index contributed by atoms with van der Waals surface area (Å²) in [6, 6.07) is 9.38. The molecule has 0 saturated carbocycles. The molecule has 6 heteroatoms. The fourth-order valence-electron chi connectivity index (χ4n) is 2.50. The van der Waals surface area contributed by atoms with Gasteiger partial charge in [0.15, 0.2) is 0 Å². The van der Waals surface area contributed by atoms with E-state index in [4.69, 9.17) is 14.6 Å².